The third-order valence-corrected chi connectivity index (χ3v) is 8.59. The van der Waals surface area contributed by atoms with Crippen LogP contribution in [0.1, 0.15) is 17.4 Å². The van der Waals surface area contributed by atoms with Crippen molar-refractivity contribution in [3.8, 4) is 22.3 Å². The number of aromatic amines is 1. The van der Waals surface area contributed by atoms with Crippen LogP contribution in [-0.2, 0) is 16.0 Å². The van der Waals surface area contributed by atoms with Gasteiger partial charge >= 0.3 is 0 Å². The first-order valence-electron chi connectivity index (χ1n) is 15.1. The first kappa shape index (κ1) is 27.0. The molecule has 3 aromatic heterocycles. The SMILES string of the molecule is Fc1cc(-c2cccc3c2NC(c2[nH]nc4ncc(-c5cncc(CN6CCOCC6)c5)cc24)N3)cc(N2CCOCC2)c1. The Hall–Kier alpha value is -4.58. The lowest BCUT2D eigenvalue weighted by molar-refractivity contribution is 0.0341. The van der Waals surface area contributed by atoms with Crippen molar-refractivity contribution in [1.29, 1.82) is 0 Å². The molecule has 224 valence electrons. The molecule has 2 saturated heterocycles. The second kappa shape index (κ2) is 11.5. The van der Waals surface area contributed by atoms with E-state index < -0.39 is 0 Å². The maximum absolute atomic E-state index is 14.9. The average Bonchev–Trinajstić information content (AvgIpc) is 3.69. The molecule has 11 heteroatoms. The van der Waals surface area contributed by atoms with Gasteiger partial charge in [-0.05, 0) is 47.5 Å². The number of benzene rings is 2. The normalized spacial score (nSPS) is 18.7. The molecule has 2 aromatic carbocycles. The number of halogens is 1. The number of anilines is 3. The fourth-order valence-electron chi connectivity index (χ4n) is 6.33. The van der Waals surface area contributed by atoms with Crippen molar-refractivity contribution in [3.63, 3.8) is 0 Å². The van der Waals surface area contributed by atoms with E-state index in [0.29, 0.717) is 18.9 Å². The molecule has 2 fully saturated rings. The van der Waals surface area contributed by atoms with Gasteiger partial charge in [-0.25, -0.2) is 9.37 Å². The van der Waals surface area contributed by atoms with Crippen molar-refractivity contribution in [3.05, 3.63) is 84.2 Å². The lowest BCUT2D eigenvalue weighted by Crippen LogP contribution is -2.36. The van der Waals surface area contributed by atoms with Gasteiger partial charge in [-0.2, -0.15) is 5.10 Å². The third kappa shape index (κ3) is 5.23. The number of aromatic nitrogens is 4. The minimum atomic E-state index is -0.272. The van der Waals surface area contributed by atoms with Crippen molar-refractivity contribution in [2.75, 3.05) is 68.1 Å². The number of H-pyrrole nitrogens is 1. The van der Waals surface area contributed by atoms with Crippen LogP contribution in [0.2, 0.25) is 0 Å². The Morgan fingerprint density at radius 3 is 2.52 bits per heavy atom. The molecule has 0 aliphatic carbocycles. The summed E-state index contributed by atoms with van der Waals surface area (Å²) in [6, 6.07) is 15.6. The number of hydrogen-bond donors (Lipinski definition) is 3. The second-order valence-corrected chi connectivity index (χ2v) is 11.5. The Bertz CT molecular complexity index is 1820. The zero-order chi connectivity index (χ0) is 29.5. The van der Waals surface area contributed by atoms with Gasteiger partial charge in [0.15, 0.2) is 5.65 Å². The van der Waals surface area contributed by atoms with Crippen LogP contribution < -0.4 is 15.5 Å². The van der Waals surface area contributed by atoms with E-state index in [-0.39, 0.29) is 12.0 Å². The molecule has 44 heavy (non-hydrogen) atoms. The zero-order valence-corrected chi connectivity index (χ0v) is 24.2. The van der Waals surface area contributed by atoms with Crippen LogP contribution in [0.3, 0.4) is 0 Å². The minimum absolute atomic E-state index is 0.259. The number of ether oxygens (including phenoxy) is 2. The van der Waals surface area contributed by atoms with Crippen molar-refractivity contribution in [1.82, 2.24) is 25.1 Å². The van der Waals surface area contributed by atoms with Crippen LogP contribution in [0.4, 0.5) is 21.5 Å². The summed E-state index contributed by atoms with van der Waals surface area (Å²) in [4.78, 5) is 13.8. The number of para-hydroxylation sites is 1. The highest BCUT2D eigenvalue weighted by atomic mass is 19.1. The van der Waals surface area contributed by atoms with Crippen LogP contribution >= 0.6 is 0 Å². The van der Waals surface area contributed by atoms with Gasteiger partial charge in [-0.15, -0.1) is 0 Å². The van der Waals surface area contributed by atoms with Crippen LogP contribution in [0.5, 0.6) is 0 Å². The van der Waals surface area contributed by atoms with Crippen molar-refractivity contribution in [2.45, 2.75) is 12.7 Å². The van der Waals surface area contributed by atoms with Gasteiger partial charge in [0.05, 0.1) is 43.5 Å². The number of nitrogens with one attached hydrogen (secondary N) is 3. The summed E-state index contributed by atoms with van der Waals surface area (Å²) in [6.45, 7) is 7.00. The number of pyridine rings is 2. The van der Waals surface area contributed by atoms with E-state index in [9.17, 15) is 4.39 Å². The van der Waals surface area contributed by atoms with Gasteiger partial charge in [-0.1, -0.05) is 12.1 Å². The molecule has 5 aromatic rings. The largest absolute Gasteiger partial charge is 0.379 e. The van der Waals surface area contributed by atoms with E-state index in [1.54, 1.807) is 12.1 Å². The summed E-state index contributed by atoms with van der Waals surface area (Å²) >= 11 is 0. The Morgan fingerprint density at radius 2 is 1.66 bits per heavy atom. The fourth-order valence-corrected chi connectivity index (χ4v) is 6.33. The Kier molecular flexibility index (Phi) is 7.05. The Morgan fingerprint density at radius 1 is 0.841 bits per heavy atom. The highest BCUT2D eigenvalue weighted by molar-refractivity contribution is 5.92. The third-order valence-electron chi connectivity index (χ3n) is 8.59. The van der Waals surface area contributed by atoms with Crippen molar-refractivity contribution >= 4 is 28.1 Å². The number of fused-ring (bicyclic) bond motifs is 2. The summed E-state index contributed by atoms with van der Waals surface area (Å²) in [6.07, 6.45) is 5.38. The highest BCUT2D eigenvalue weighted by Gasteiger charge is 2.28. The first-order chi connectivity index (χ1) is 21.7. The molecule has 0 bridgehead atoms. The summed E-state index contributed by atoms with van der Waals surface area (Å²) < 4.78 is 25.9. The standard InChI is InChI=1S/C33H33FN8O2/c34-25-13-22(14-26(16-25)42-6-10-44-11-7-42)27-2-1-3-29-30(27)38-33(37-29)31-28-15-24(19-36-32(28)40-39-31)23-12-21(17-35-18-23)20-41-4-8-43-9-5-41/h1-3,12-19,33,37-38H,4-11,20H2,(H,36,39,40). The lowest BCUT2D eigenvalue weighted by Gasteiger charge is -2.29. The van der Waals surface area contributed by atoms with Gasteiger partial charge in [0.25, 0.3) is 0 Å². The first-order valence-corrected chi connectivity index (χ1v) is 15.1. The molecule has 1 unspecified atom stereocenters. The molecule has 0 spiro atoms. The summed E-state index contributed by atoms with van der Waals surface area (Å²) in [7, 11) is 0. The molecule has 3 N–H and O–H groups in total. The van der Waals surface area contributed by atoms with Crippen LogP contribution in [0.25, 0.3) is 33.3 Å². The van der Waals surface area contributed by atoms with E-state index in [2.05, 4.69) is 58.8 Å². The summed E-state index contributed by atoms with van der Waals surface area (Å²) in [5.41, 5.74) is 9.14. The van der Waals surface area contributed by atoms with Crippen molar-refractivity contribution < 1.29 is 13.9 Å². The van der Waals surface area contributed by atoms with Crippen LogP contribution in [0.15, 0.2) is 67.1 Å². The zero-order valence-electron chi connectivity index (χ0n) is 24.2. The second-order valence-electron chi connectivity index (χ2n) is 11.5. The van der Waals surface area contributed by atoms with Crippen LogP contribution in [0, 0.1) is 5.82 Å². The molecule has 3 aliphatic heterocycles. The van der Waals surface area contributed by atoms with E-state index in [1.807, 2.05) is 36.8 Å². The van der Waals surface area contributed by atoms with Gasteiger partial charge in [0.1, 0.15) is 12.0 Å². The quantitative estimate of drug-likeness (QED) is 0.251. The molecular weight excluding hydrogens is 559 g/mol. The lowest BCUT2D eigenvalue weighted by atomic mass is 10.0. The average molecular weight is 593 g/mol. The summed E-state index contributed by atoms with van der Waals surface area (Å²) in [5.74, 6) is -0.259. The van der Waals surface area contributed by atoms with E-state index >= 15 is 0 Å². The Balaban J connectivity index is 1.08. The number of hydrogen-bond acceptors (Lipinski definition) is 9. The van der Waals surface area contributed by atoms with E-state index in [4.69, 9.17) is 9.47 Å². The molecule has 0 radical (unpaired) electrons. The van der Waals surface area contributed by atoms with Gasteiger partial charge < -0.3 is 25.0 Å². The fraction of sp³-hybridized carbons (Fsp3) is 0.303. The number of nitrogens with zero attached hydrogens (tertiary/aromatic N) is 5. The maximum Gasteiger partial charge on any atom is 0.181 e. The van der Waals surface area contributed by atoms with Crippen LogP contribution in [-0.4, -0.2) is 77.7 Å². The van der Waals surface area contributed by atoms with Crippen molar-refractivity contribution in [2.24, 2.45) is 0 Å². The molecular formula is C33H33FN8O2. The maximum atomic E-state index is 14.9. The predicted octanol–water partition coefficient (Wildman–Crippen LogP) is 5.03. The molecule has 6 heterocycles. The minimum Gasteiger partial charge on any atom is -0.379 e. The summed E-state index contributed by atoms with van der Waals surface area (Å²) in [5, 5.41) is 15.8. The molecule has 0 saturated carbocycles. The number of rotatable bonds is 6. The van der Waals surface area contributed by atoms with E-state index in [0.717, 1.165) is 102 Å². The van der Waals surface area contributed by atoms with Gasteiger partial charge in [0.2, 0.25) is 0 Å². The van der Waals surface area contributed by atoms with Gasteiger partial charge in [-0.3, -0.25) is 15.0 Å². The molecule has 3 aliphatic rings. The topological polar surface area (TPSA) is 103 Å². The Labute approximate surface area is 254 Å². The monoisotopic (exact) mass is 592 g/mol. The molecule has 10 nitrogen and oxygen atoms in total. The highest BCUT2D eigenvalue weighted by Crippen LogP contribution is 2.44. The molecule has 0 amide bonds. The number of morpholine rings is 2. The smallest absolute Gasteiger partial charge is 0.181 e. The van der Waals surface area contributed by atoms with Gasteiger partial charge in [0, 0.05) is 79.1 Å². The molecule has 8 rings (SSSR count). The van der Waals surface area contributed by atoms with E-state index in [1.165, 1.54) is 0 Å². The predicted molar refractivity (Wildman–Crippen MR) is 168 cm³/mol. The molecule has 1 atom stereocenters.